The third-order valence-corrected chi connectivity index (χ3v) is 2.48. The number of benzene rings is 2. The van der Waals surface area contributed by atoms with Crippen LogP contribution in [0.4, 0.5) is 10.1 Å². The van der Waals surface area contributed by atoms with Crippen LogP contribution in [0.5, 0.6) is 5.75 Å². The number of anilines is 1. The molecule has 0 heterocycles. The zero-order chi connectivity index (χ0) is 12.1. The van der Waals surface area contributed by atoms with Gasteiger partial charge in [0.05, 0.1) is 7.11 Å². The van der Waals surface area contributed by atoms with Crippen LogP contribution in [-0.4, -0.2) is 7.11 Å². The van der Waals surface area contributed by atoms with Gasteiger partial charge in [-0.15, -0.1) is 0 Å². The number of methoxy groups -OCH3 is 1. The summed E-state index contributed by atoms with van der Waals surface area (Å²) in [5, 5.41) is 3.22. The van der Waals surface area contributed by atoms with Crippen LogP contribution in [-0.2, 0) is 6.54 Å². The molecule has 2 rings (SSSR count). The molecular formula is C14H14FNO. The molecular weight excluding hydrogens is 217 g/mol. The average Bonchev–Trinajstić information content (AvgIpc) is 2.38. The first-order valence-corrected chi connectivity index (χ1v) is 5.40. The van der Waals surface area contributed by atoms with Crippen LogP contribution in [0.3, 0.4) is 0 Å². The Morgan fingerprint density at radius 3 is 2.59 bits per heavy atom. The van der Waals surface area contributed by atoms with Gasteiger partial charge < -0.3 is 10.1 Å². The van der Waals surface area contributed by atoms with Gasteiger partial charge in [-0.3, -0.25) is 0 Å². The minimum absolute atomic E-state index is 0.225. The molecule has 0 atom stereocenters. The Balaban J connectivity index is 1.99. The molecule has 2 aromatic carbocycles. The molecule has 0 aliphatic heterocycles. The third-order valence-electron chi connectivity index (χ3n) is 2.48. The first-order valence-electron chi connectivity index (χ1n) is 5.40. The predicted molar refractivity (Wildman–Crippen MR) is 66.7 cm³/mol. The van der Waals surface area contributed by atoms with Crippen LogP contribution >= 0.6 is 0 Å². The average molecular weight is 231 g/mol. The Hall–Kier alpha value is -2.03. The zero-order valence-electron chi connectivity index (χ0n) is 9.61. The van der Waals surface area contributed by atoms with Crippen LogP contribution in [0.2, 0.25) is 0 Å². The zero-order valence-corrected chi connectivity index (χ0v) is 9.61. The van der Waals surface area contributed by atoms with Crippen molar-refractivity contribution < 1.29 is 9.13 Å². The van der Waals surface area contributed by atoms with E-state index in [1.165, 1.54) is 12.1 Å². The Morgan fingerprint density at radius 1 is 1.12 bits per heavy atom. The smallest absolute Gasteiger partial charge is 0.123 e. The molecule has 1 N–H and O–H groups in total. The fourth-order valence-electron chi connectivity index (χ4n) is 1.55. The highest BCUT2D eigenvalue weighted by Crippen LogP contribution is 2.14. The molecule has 88 valence electrons. The van der Waals surface area contributed by atoms with Gasteiger partial charge in [-0.25, -0.2) is 4.39 Å². The molecule has 0 saturated heterocycles. The van der Waals surface area contributed by atoms with E-state index in [2.05, 4.69) is 5.32 Å². The van der Waals surface area contributed by atoms with E-state index < -0.39 is 0 Å². The molecule has 0 aliphatic carbocycles. The van der Waals surface area contributed by atoms with Crippen molar-refractivity contribution in [2.45, 2.75) is 6.54 Å². The van der Waals surface area contributed by atoms with Gasteiger partial charge in [-0.2, -0.15) is 0 Å². The van der Waals surface area contributed by atoms with Gasteiger partial charge in [0.2, 0.25) is 0 Å². The Kier molecular flexibility index (Phi) is 3.60. The van der Waals surface area contributed by atoms with Crippen molar-refractivity contribution in [3.63, 3.8) is 0 Å². The summed E-state index contributed by atoms with van der Waals surface area (Å²) >= 11 is 0. The third kappa shape index (κ3) is 3.21. The van der Waals surface area contributed by atoms with E-state index >= 15 is 0 Å². The fourth-order valence-corrected chi connectivity index (χ4v) is 1.55. The lowest BCUT2D eigenvalue weighted by molar-refractivity contribution is 0.414. The van der Waals surface area contributed by atoms with Crippen molar-refractivity contribution in [3.05, 3.63) is 59.9 Å². The predicted octanol–water partition coefficient (Wildman–Crippen LogP) is 3.45. The highest BCUT2D eigenvalue weighted by atomic mass is 19.1. The largest absolute Gasteiger partial charge is 0.497 e. The molecule has 2 nitrogen and oxygen atoms in total. The van der Waals surface area contributed by atoms with E-state index in [0.29, 0.717) is 6.54 Å². The SMILES string of the molecule is COc1cccc(CNc2ccc(F)cc2)c1. The van der Waals surface area contributed by atoms with Gasteiger partial charge in [0.15, 0.2) is 0 Å². The molecule has 17 heavy (non-hydrogen) atoms. The van der Waals surface area contributed by atoms with Crippen LogP contribution in [0.25, 0.3) is 0 Å². The van der Waals surface area contributed by atoms with Crippen molar-refractivity contribution in [1.29, 1.82) is 0 Å². The first-order chi connectivity index (χ1) is 8.28. The molecule has 0 bridgehead atoms. The summed E-state index contributed by atoms with van der Waals surface area (Å²) in [6.45, 7) is 0.683. The van der Waals surface area contributed by atoms with Gasteiger partial charge >= 0.3 is 0 Å². The molecule has 0 unspecified atom stereocenters. The quantitative estimate of drug-likeness (QED) is 0.870. The number of hydrogen-bond donors (Lipinski definition) is 1. The highest BCUT2D eigenvalue weighted by Gasteiger charge is 1.97. The summed E-state index contributed by atoms with van der Waals surface area (Å²) in [7, 11) is 1.65. The second-order valence-corrected chi connectivity index (χ2v) is 3.71. The van der Waals surface area contributed by atoms with E-state index in [-0.39, 0.29) is 5.82 Å². The second-order valence-electron chi connectivity index (χ2n) is 3.71. The van der Waals surface area contributed by atoms with Crippen LogP contribution in [0.15, 0.2) is 48.5 Å². The molecule has 0 spiro atoms. The van der Waals surface area contributed by atoms with E-state index in [0.717, 1.165) is 17.0 Å². The van der Waals surface area contributed by atoms with E-state index in [1.807, 2.05) is 24.3 Å². The number of ether oxygens (including phenoxy) is 1. The molecule has 2 aromatic rings. The lowest BCUT2D eigenvalue weighted by Gasteiger charge is -2.07. The van der Waals surface area contributed by atoms with E-state index in [9.17, 15) is 4.39 Å². The lowest BCUT2D eigenvalue weighted by atomic mass is 10.2. The van der Waals surface area contributed by atoms with Gasteiger partial charge in [-0.1, -0.05) is 12.1 Å². The lowest BCUT2D eigenvalue weighted by Crippen LogP contribution is -1.99. The van der Waals surface area contributed by atoms with Crippen molar-refractivity contribution in [1.82, 2.24) is 0 Å². The summed E-state index contributed by atoms with van der Waals surface area (Å²) in [4.78, 5) is 0. The molecule has 0 amide bonds. The number of hydrogen-bond acceptors (Lipinski definition) is 2. The van der Waals surface area contributed by atoms with E-state index in [1.54, 1.807) is 19.2 Å². The van der Waals surface area contributed by atoms with Crippen molar-refractivity contribution in [2.75, 3.05) is 12.4 Å². The monoisotopic (exact) mass is 231 g/mol. The van der Waals surface area contributed by atoms with E-state index in [4.69, 9.17) is 4.74 Å². The standard InChI is InChI=1S/C14H14FNO/c1-17-14-4-2-3-11(9-14)10-16-13-7-5-12(15)6-8-13/h2-9,16H,10H2,1H3. The summed E-state index contributed by atoms with van der Waals surface area (Å²) in [6.07, 6.45) is 0. The summed E-state index contributed by atoms with van der Waals surface area (Å²) in [5.41, 5.74) is 2.02. The van der Waals surface area contributed by atoms with Gasteiger partial charge in [-0.05, 0) is 42.0 Å². The van der Waals surface area contributed by atoms with Gasteiger partial charge in [0, 0.05) is 12.2 Å². The highest BCUT2D eigenvalue weighted by molar-refractivity contribution is 5.44. The van der Waals surface area contributed by atoms with Crippen LogP contribution in [0, 0.1) is 5.82 Å². The second kappa shape index (κ2) is 5.34. The maximum Gasteiger partial charge on any atom is 0.123 e. The Bertz CT molecular complexity index is 482. The fraction of sp³-hybridized carbons (Fsp3) is 0.143. The molecule has 0 saturated carbocycles. The Morgan fingerprint density at radius 2 is 1.88 bits per heavy atom. The first kappa shape index (κ1) is 11.5. The summed E-state index contributed by atoms with van der Waals surface area (Å²) in [5.74, 6) is 0.611. The normalized spacial score (nSPS) is 10.0. The molecule has 3 heteroatoms. The maximum absolute atomic E-state index is 12.7. The van der Waals surface area contributed by atoms with Gasteiger partial charge in [0.25, 0.3) is 0 Å². The molecule has 0 aliphatic rings. The minimum atomic E-state index is -0.225. The van der Waals surface area contributed by atoms with Crippen molar-refractivity contribution >= 4 is 5.69 Å². The summed E-state index contributed by atoms with van der Waals surface area (Å²) in [6, 6.07) is 14.1. The van der Waals surface area contributed by atoms with Crippen LogP contribution < -0.4 is 10.1 Å². The maximum atomic E-state index is 12.7. The minimum Gasteiger partial charge on any atom is -0.497 e. The van der Waals surface area contributed by atoms with Crippen molar-refractivity contribution in [2.24, 2.45) is 0 Å². The topological polar surface area (TPSA) is 21.3 Å². The molecule has 0 fully saturated rings. The molecule has 0 radical (unpaired) electrons. The number of nitrogens with one attached hydrogen (secondary N) is 1. The van der Waals surface area contributed by atoms with Crippen molar-refractivity contribution in [3.8, 4) is 5.75 Å². The number of rotatable bonds is 4. The molecule has 0 aromatic heterocycles. The Labute approximate surface area is 100 Å². The van der Waals surface area contributed by atoms with Crippen LogP contribution in [0.1, 0.15) is 5.56 Å². The number of halogens is 1. The van der Waals surface area contributed by atoms with Gasteiger partial charge in [0.1, 0.15) is 11.6 Å². The summed E-state index contributed by atoms with van der Waals surface area (Å²) < 4.78 is 17.8.